The van der Waals surface area contributed by atoms with Crippen molar-refractivity contribution in [3.05, 3.63) is 11.1 Å². The summed E-state index contributed by atoms with van der Waals surface area (Å²) in [5, 5.41) is 0. The van der Waals surface area contributed by atoms with E-state index in [9.17, 15) is 4.79 Å². The summed E-state index contributed by atoms with van der Waals surface area (Å²) in [5.74, 6) is 0.377. The molecule has 1 rings (SSSR count). The van der Waals surface area contributed by atoms with Crippen LogP contribution in [0.5, 0.6) is 0 Å². The fraction of sp³-hybridized carbons (Fsp3) is 0.727. The van der Waals surface area contributed by atoms with E-state index in [0.29, 0.717) is 5.78 Å². The first-order valence-electron chi connectivity index (χ1n) is 4.66. The molecule has 12 heavy (non-hydrogen) atoms. The van der Waals surface area contributed by atoms with Crippen molar-refractivity contribution in [1.82, 2.24) is 0 Å². The highest BCUT2D eigenvalue weighted by Gasteiger charge is 2.24. The van der Waals surface area contributed by atoms with Crippen molar-refractivity contribution in [2.24, 2.45) is 5.41 Å². The van der Waals surface area contributed by atoms with Gasteiger partial charge in [-0.1, -0.05) is 26.3 Å². The summed E-state index contributed by atoms with van der Waals surface area (Å²) < 4.78 is 0. The van der Waals surface area contributed by atoms with Crippen molar-refractivity contribution in [2.45, 2.75) is 47.0 Å². The van der Waals surface area contributed by atoms with Gasteiger partial charge in [-0.25, -0.2) is 0 Å². The van der Waals surface area contributed by atoms with Crippen LogP contribution in [0.15, 0.2) is 11.1 Å². The number of carbonyl (C=O) groups excluding carboxylic acids is 1. The molecule has 0 radical (unpaired) electrons. The number of rotatable bonds is 0. The molecule has 0 bridgehead atoms. The van der Waals surface area contributed by atoms with E-state index >= 15 is 0 Å². The molecule has 0 atom stereocenters. The van der Waals surface area contributed by atoms with Crippen LogP contribution in [0.1, 0.15) is 47.0 Å². The Balaban J connectivity index is 2.97. The molecular weight excluding hydrogens is 148 g/mol. The molecule has 0 N–H and O–H groups in total. The molecule has 1 saturated carbocycles. The number of hydrogen-bond donors (Lipinski definition) is 0. The highest BCUT2D eigenvalue weighted by molar-refractivity contribution is 5.98. The maximum atomic E-state index is 11.4. The monoisotopic (exact) mass is 166 g/mol. The first-order valence-corrected chi connectivity index (χ1v) is 4.66. The minimum absolute atomic E-state index is 0.162. The summed E-state index contributed by atoms with van der Waals surface area (Å²) in [5.41, 5.74) is 2.54. The lowest BCUT2D eigenvalue weighted by molar-refractivity contribution is -0.114. The van der Waals surface area contributed by atoms with Gasteiger partial charge in [0.2, 0.25) is 0 Å². The SMILES string of the molecule is CC(=C1CCCC1=O)C(C)(C)C. The lowest BCUT2D eigenvalue weighted by atomic mass is 9.84. The van der Waals surface area contributed by atoms with Crippen LogP contribution in [0.25, 0.3) is 0 Å². The summed E-state index contributed by atoms with van der Waals surface area (Å²) in [7, 11) is 0. The Hall–Kier alpha value is -0.590. The van der Waals surface area contributed by atoms with Crippen LogP contribution in [-0.2, 0) is 4.79 Å². The lowest BCUT2D eigenvalue weighted by Gasteiger charge is -2.21. The van der Waals surface area contributed by atoms with Gasteiger partial charge in [0.1, 0.15) is 0 Å². The molecule has 1 aliphatic rings. The van der Waals surface area contributed by atoms with Crippen molar-refractivity contribution in [3.8, 4) is 0 Å². The topological polar surface area (TPSA) is 17.1 Å². The van der Waals surface area contributed by atoms with Crippen molar-refractivity contribution in [2.75, 3.05) is 0 Å². The molecule has 68 valence electrons. The average molecular weight is 166 g/mol. The predicted octanol–water partition coefficient (Wildman–Crippen LogP) is 3.10. The minimum atomic E-state index is 0.162. The molecule has 0 unspecified atom stereocenters. The highest BCUT2D eigenvalue weighted by Crippen LogP contribution is 2.33. The Labute approximate surface area is 74.9 Å². The zero-order valence-electron chi connectivity index (χ0n) is 8.53. The second-order valence-electron chi connectivity index (χ2n) is 4.63. The van der Waals surface area contributed by atoms with E-state index in [-0.39, 0.29) is 5.41 Å². The number of allylic oxidation sites excluding steroid dienone is 2. The van der Waals surface area contributed by atoms with E-state index in [4.69, 9.17) is 0 Å². The molecule has 1 nitrogen and oxygen atoms in total. The van der Waals surface area contributed by atoms with E-state index < -0.39 is 0 Å². The van der Waals surface area contributed by atoms with Gasteiger partial charge < -0.3 is 0 Å². The molecule has 1 heteroatoms. The van der Waals surface area contributed by atoms with Crippen LogP contribution < -0.4 is 0 Å². The van der Waals surface area contributed by atoms with Crippen molar-refractivity contribution >= 4 is 5.78 Å². The van der Waals surface area contributed by atoms with Crippen LogP contribution in [0.4, 0.5) is 0 Å². The molecule has 1 aliphatic carbocycles. The van der Waals surface area contributed by atoms with Crippen molar-refractivity contribution < 1.29 is 4.79 Å². The first kappa shape index (κ1) is 9.50. The van der Waals surface area contributed by atoms with Gasteiger partial charge in [0.15, 0.2) is 5.78 Å². The minimum Gasteiger partial charge on any atom is -0.295 e. The molecule has 0 aliphatic heterocycles. The van der Waals surface area contributed by atoms with Crippen molar-refractivity contribution in [1.29, 1.82) is 0 Å². The standard InChI is InChI=1S/C11H18O/c1-8(11(2,3)4)9-6-5-7-10(9)12/h5-7H2,1-4H3. The molecule has 0 spiro atoms. The zero-order chi connectivity index (χ0) is 9.35. The summed E-state index contributed by atoms with van der Waals surface area (Å²) in [4.78, 5) is 11.4. The van der Waals surface area contributed by atoms with E-state index in [1.54, 1.807) is 0 Å². The lowest BCUT2D eigenvalue weighted by Crippen LogP contribution is -2.11. The Kier molecular flexibility index (Phi) is 2.41. The smallest absolute Gasteiger partial charge is 0.158 e. The average Bonchev–Trinajstić information content (AvgIpc) is 2.31. The second-order valence-corrected chi connectivity index (χ2v) is 4.63. The summed E-state index contributed by atoms with van der Waals surface area (Å²) in [6.45, 7) is 8.60. The third-order valence-corrected chi connectivity index (χ3v) is 2.74. The van der Waals surface area contributed by atoms with Gasteiger partial charge in [-0.3, -0.25) is 4.79 Å². The fourth-order valence-corrected chi connectivity index (χ4v) is 1.57. The maximum Gasteiger partial charge on any atom is 0.158 e. The third-order valence-electron chi connectivity index (χ3n) is 2.74. The normalized spacial score (nSPS) is 23.2. The van der Waals surface area contributed by atoms with Gasteiger partial charge in [-0.2, -0.15) is 0 Å². The van der Waals surface area contributed by atoms with Gasteiger partial charge in [0.05, 0.1) is 0 Å². The van der Waals surface area contributed by atoms with Gasteiger partial charge in [-0.05, 0) is 30.8 Å². The molecular formula is C11H18O. The molecule has 1 fully saturated rings. The van der Waals surface area contributed by atoms with E-state index in [2.05, 4.69) is 27.7 Å². The summed E-state index contributed by atoms with van der Waals surface area (Å²) in [6.07, 6.45) is 2.83. The van der Waals surface area contributed by atoms with Gasteiger partial charge in [0.25, 0.3) is 0 Å². The molecule has 0 aromatic rings. The Bertz CT molecular complexity index is 228. The van der Waals surface area contributed by atoms with E-state index in [1.807, 2.05) is 0 Å². The quantitative estimate of drug-likeness (QED) is 0.505. The molecule has 0 aromatic carbocycles. The molecule has 0 saturated heterocycles. The zero-order valence-corrected chi connectivity index (χ0v) is 8.53. The van der Waals surface area contributed by atoms with Crippen LogP contribution in [0.3, 0.4) is 0 Å². The van der Waals surface area contributed by atoms with Crippen molar-refractivity contribution in [3.63, 3.8) is 0 Å². The molecule has 0 aromatic heterocycles. The number of carbonyl (C=O) groups is 1. The summed E-state index contributed by atoms with van der Waals surface area (Å²) in [6, 6.07) is 0. The molecule has 0 heterocycles. The van der Waals surface area contributed by atoms with Gasteiger partial charge >= 0.3 is 0 Å². The summed E-state index contributed by atoms with van der Waals surface area (Å²) >= 11 is 0. The van der Waals surface area contributed by atoms with E-state index in [1.165, 1.54) is 5.57 Å². The van der Waals surface area contributed by atoms with Gasteiger partial charge in [-0.15, -0.1) is 0 Å². The maximum absolute atomic E-state index is 11.4. The van der Waals surface area contributed by atoms with Crippen LogP contribution in [-0.4, -0.2) is 5.78 Å². The van der Waals surface area contributed by atoms with E-state index in [0.717, 1.165) is 24.8 Å². The van der Waals surface area contributed by atoms with Gasteiger partial charge in [0, 0.05) is 6.42 Å². The number of Topliss-reactive ketones (excluding diaryl/α,β-unsaturated/α-hetero) is 1. The second kappa shape index (κ2) is 3.04. The Morgan fingerprint density at radius 3 is 2.17 bits per heavy atom. The number of hydrogen-bond acceptors (Lipinski definition) is 1. The number of ketones is 1. The Morgan fingerprint density at radius 1 is 1.25 bits per heavy atom. The van der Waals surface area contributed by atoms with Crippen LogP contribution >= 0.6 is 0 Å². The highest BCUT2D eigenvalue weighted by atomic mass is 16.1. The van der Waals surface area contributed by atoms with Crippen LogP contribution in [0.2, 0.25) is 0 Å². The first-order chi connectivity index (χ1) is 5.43. The fourth-order valence-electron chi connectivity index (χ4n) is 1.57. The third kappa shape index (κ3) is 1.77. The predicted molar refractivity (Wildman–Crippen MR) is 51.0 cm³/mol. The Morgan fingerprint density at radius 2 is 1.83 bits per heavy atom. The largest absolute Gasteiger partial charge is 0.295 e. The molecule has 0 amide bonds. The van der Waals surface area contributed by atoms with Crippen LogP contribution in [0, 0.1) is 5.41 Å².